The molecule has 0 atom stereocenters. The monoisotopic (exact) mass is 258 g/mol. The van der Waals surface area contributed by atoms with E-state index in [2.05, 4.69) is 5.32 Å². The van der Waals surface area contributed by atoms with Crippen molar-refractivity contribution in [1.82, 2.24) is 10.2 Å². The third-order valence-electron chi connectivity index (χ3n) is 3.64. The number of carboxylic acids is 1. The highest BCUT2D eigenvalue weighted by Gasteiger charge is 2.37. The summed E-state index contributed by atoms with van der Waals surface area (Å²) < 4.78 is 0. The standard InChI is InChI=1S/C13H26N2O3/c1-5-13(6-2,12(17)18)10-11(16)15(4)9-7-8-14-3/h14H,5-10H2,1-4H3,(H,17,18). The number of carbonyl (C=O) groups is 2. The van der Waals surface area contributed by atoms with Crippen LogP contribution < -0.4 is 5.32 Å². The highest BCUT2D eigenvalue weighted by molar-refractivity contribution is 5.84. The Morgan fingerprint density at radius 1 is 1.28 bits per heavy atom. The highest BCUT2D eigenvalue weighted by atomic mass is 16.4. The molecule has 0 heterocycles. The fourth-order valence-electron chi connectivity index (χ4n) is 1.92. The van der Waals surface area contributed by atoms with Gasteiger partial charge in [0.05, 0.1) is 5.41 Å². The summed E-state index contributed by atoms with van der Waals surface area (Å²) >= 11 is 0. The lowest BCUT2D eigenvalue weighted by Crippen LogP contribution is -2.38. The van der Waals surface area contributed by atoms with Gasteiger partial charge in [-0.1, -0.05) is 13.8 Å². The number of nitrogens with one attached hydrogen (secondary N) is 1. The lowest BCUT2D eigenvalue weighted by Gasteiger charge is -2.28. The van der Waals surface area contributed by atoms with E-state index in [1.165, 1.54) is 0 Å². The number of hydrogen-bond donors (Lipinski definition) is 2. The SMILES string of the molecule is CCC(CC)(CC(=O)N(C)CCCNC)C(=O)O. The molecule has 5 nitrogen and oxygen atoms in total. The lowest BCUT2D eigenvalue weighted by molar-refractivity contribution is -0.154. The van der Waals surface area contributed by atoms with Gasteiger partial charge in [-0.15, -0.1) is 0 Å². The number of aliphatic carboxylic acids is 1. The van der Waals surface area contributed by atoms with Gasteiger partial charge in [-0.3, -0.25) is 9.59 Å². The molecule has 0 aliphatic carbocycles. The summed E-state index contributed by atoms with van der Waals surface area (Å²) in [5, 5.41) is 12.3. The van der Waals surface area contributed by atoms with Crippen molar-refractivity contribution in [2.24, 2.45) is 5.41 Å². The quantitative estimate of drug-likeness (QED) is 0.612. The molecule has 5 heteroatoms. The molecule has 0 bridgehead atoms. The van der Waals surface area contributed by atoms with E-state index in [4.69, 9.17) is 0 Å². The van der Waals surface area contributed by atoms with Gasteiger partial charge < -0.3 is 15.3 Å². The zero-order valence-corrected chi connectivity index (χ0v) is 12.0. The molecule has 0 aromatic carbocycles. The van der Waals surface area contributed by atoms with E-state index >= 15 is 0 Å². The average molecular weight is 258 g/mol. The number of carbonyl (C=O) groups excluding carboxylic acids is 1. The number of carboxylic acid groups (broad SMARTS) is 1. The van der Waals surface area contributed by atoms with Crippen molar-refractivity contribution in [3.05, 3.63) is 0 Å². The molecule has 18 heavy (non-hydrogen) atoms. The van der Waals surface area contributed by atoms with Gasteiger partial charge in [0.1, 0.15) is 0 Å². The first-order chi connectivity index (χ1) is 8.43. The molecule has 0 saturated carbocycles. The van der Waals surface area contributed by atoms with Gasteiger partial charge in [0.15, 0.2) is 0 Å². The van der Waals surface area contributed by atoms with E-state index in [1.807, 2.05) is 20.9 Å². The molecular formula is C13H26N2O3. The second-order valence-corrected chi connectivity index (χ2v) is 4.74. The first-order valence-corrected chi connectivity index (χ1v) is 6.55. The average Bonchev–Trinajstić information content (AvgIpc) is 2.35. The molecule has 0 aromatic rings. The Morgan fingerprint density at radius 2 is 1.83 bits per heavy atom. The highest BCUT2D eigenvalue weighted by Crippen LogP contribution is 2.31. The summed E-state index contributed by atoms with van der Waals surface area (Å²) in [6.07, 6.45) is 1.92. The van der Waals surface area contributed by atoms with Gasteiger partial charge in [0.25, 0.3) is 0 Å². The number of rotatable bonds is 9. The van der Waals surface area contributed by atoms with E-state index < -0.39 is 11.4 Å². The van der Waals surface area contributed by atoms with Gasteiger partial charge in [-0.25, -0.2) is 0 Å². The fourth-order valence-corrected chi connectivity index (χ4v) is 1.92. The molecule has 0 fully saturated rings. The third-order valence-corrected chi connectivity index (χ3v) is 3.64. The van der Waals surface area contributed by atoms with Gasteiger partial charge in [0, 0.05) is 20.0 Å². The lowest BCUT2D eigenvalue weighted by atomic mass is 9.79. The summed E-state index contributed by atoms with van der Waals surface area (Å²) in [7, 11) is 3.60. The molecule has 0 radical (unpaired) electrons. The summed E-state index contributed by atoms with van der Waals surface area (Å²) in [5.74, 6) is -0.957. The van der Waals surface area contributed by atoms with E-state index in [0.29, 0.717) is 19.4 Å². The molecule has 0 spiro atoms. The van der Waals surface area contributed by atoms with Crippen LogP contribution in [0.1, 0.15) is 39.5 Å². The summed E-state index contributed by atoms with van der Waals surface area (Å²) in [4.78, 5) is 25.0. The maximum atomic E-state index is 12.0. The van der Waals surface area contributed by atoms with Crippen LogP contribution in [0.15, 0.2) is 0 Å². The minimum atomic E-state index is -0.908. The van der Waals surface area contributed by atoms with Gasteiger partial charge in [-0.05, 0) is 32.9 Å². The van der Waals surface area contributed by atoms with Crippen LogP contribution in [-0.2, 0) is 9.59 Å². The number of amides is 1. The Bertz CT molecular complexity index is 275. The van der Waals surface area contributed by atoms with E-state index in [-0.39, 0.29) is 12.3 Å². The number of hydrogen-bond acceptors (Lipinski definition) is 3. The molecule has 0 unspecified atom stereocenters. The topological polar surface area (TPSA) is 69.6 Å². The van der Waals surface area contributed by atoms with Crippen molar-refractivity contribution in [1.29, 1.82) is 0 Å². The second-order valence-electron chi connectivity index (χ2n) is 4.74. The Kier molecular flexibility index (Phi) is 7.59. The summed E-state index contributed by atoms with van der Waals surface area (Å²) in [6, 6.07) is 0. The van der Waals surface area contributed by atoms with Gasteiger partial charge >= 0.3 is 5.97 Å². The fraction of sp³-hybridized carbons (Fsp3) is 0.846. The summed E-state index contributed by atoms with van der Waals surface area (Å²) in [6.45, 7) is 5.16. The Balaban J connectivity index is 4.46. The van der Waals surface area contributed by atoms with Crippen molar-refractivity contribution in [2.45, 2.75) is 39.5 Å². The molecule has 106 valence electrons. The van der Waals surface area contributed by atoms with Crippen molar-refractivity contribution in [2.75, 3.05) is 27.2 Å². The van der Waals surface area contributed by atoms with Gasteiger partial charge in [-0.2, -0.15) is 0 Å². The normalized spacial score (nSPS) is 11.3. The molecule has 0 aromatic heterocycles. The third kappa shape index (κ3) is 4.64. The minimum absolute atomic E-state index is 0.0859. The molecule has 0 aliphatic rings. The smallest absolute Gasteiger partial charge is 0.310 e. The first-order valence-electron chi connectivity index (χ1n) is 6.55. The van der Waals surface area contributed by atoms with Crippen LogP contribution in [0.3, 0.4) is 0 Å². The van der Waals surface area contributed by atoms with Crippen LogP contribution >= 0.6 is 0 Å². The first kappa shape index (κ1) is 16.9. The molecule has 1 amide bonds. The Hall–Kier alpha value is -1.10. The Labute approximate surface area is 110 Å². The van der Waals surface area contributed by atoms with Crippen LogP contribution in [0.5, 0.6) is 0 Å². The largest absolute Gasteiger partial charge is 0.481 e. The second kappa shape index (κ2) is 8.08. The maximum Gasteiger partial charge on any atom is 0.310 e. The summed E-state index contributed by atoms with van der Waals surface area (Å²) in [5.41, 5.74) is -0.908. The molecular weight excluding hydrogens is 232 g/mol. The van der Waals surface area contributed by atoms with Crippen LogP contribution in [0.4, 0.5) is 0 Å². The minimum Gasteiger partial charge on any atom is -0.481 e. The molecule has 0 rings (SSSR count). The number of nitrogens with zero attached hydrogens (tertiary/aromatic N) is 1. The van der Waals surface area contributed by atoms with E-state index in [0.717, 1.165) is 13.0 Å². The zero-order valence-electron chi connectivity index (χ0n) is 12.0. The predicted molar refractivity (Wildman–Crippen MR) is 71.4 cm³/mol. The predicted octanol–water partition coefficient (Wildman–Crippen LogP) is 1.34. The van der Waals surface area contributed by atoms with Crippen molar-refractivity contribution in [3.8, 4) is 0 Å². The Morgan fingerprint density at radius 3 is 2.22 bits per heavy atom. The van der Waals surface area contributed by atoms with E-state index in [9.17, 15) is 14.7 Å². The maximum absolute atomic E-state index is 12.0. The molecule has 0 saturated heterocycles. The van der Waals surface area contributed by atoms with Gasteiger partial charge in [0.2, 0.25) is 5.91 Å². The van der Waals surface area contributed by atoms with Crippen LogP contribution in [-0.4, -0.2) is 49.1 Å². The molecule has 0 aliphatic heterocycles. The van der Waals surface area contributed by atoms with Crippen LogP contribution in [0.25, 0.3) is 0 Å². The van der Waals surface area contributed by atoms with E-state index in [1.54, 1.807) is 11.9 Å². The molecule has 2 N–H and O–H groups in total. The van der Waals surface area contributed by atoms with Crippen LogP contribution in [0, 0.1) is 5.41 Å². The van der Waals surface area contributed by atoms with Crippen molar-refractivity contribution < 1.29 is 14.7 Å². The zero-order chi connectivity index (χ0) is 14.2. The van der Waals surface area contributed by atoms with Crippen molar-refractivity contribution >= 4 is 11.9 Å². The van der Waals surface area contributed by atoms with Crippen molar-refractivity contribution in [3.63, 3.8) is 0 Å². The van der Waals surface area contributed by atoms with Crippen LogP contribution in [0.2, 0.25) is 0 Å².